The molecule has 0 radical (unpaired) electrons. The maximum Gasteiger partial charge on any atom is 0.408 e. The number of alkyl carbamates (subject to hydrolysis) is 1. The number of fused-ring (bicyclic) bond motifs is 2. The first-order valence-electron chi connectivity index (χ1n) is 19.8. The van der Waals surface area contributed by atoms with Gasteiger partial charge in [-0.15, -0.1) is 0 Å². The van der Waals surface area contributed by atoms with Crippen molar-refractivity contribution in [2.24, 2.45) is 23.2 Å². The average molecular weight is 825 g/mol. The van der Waals surface area contributed by atoms with Gasteiger partial charge in [0.15, 0.2) is 5.13 Å². The van der Waals surface area contributed by atoms with E-state index in [1.807, 2.05) is 47.6 Å². The minimum atomic E-state index is -1.36. The molecule has 2 aromatic heterocycles. The highest BCUT2D eigenvalue weighted by Crippen LogP contribution is 2.53. The van der Waals surface area contributed by atoms with Gasteiger partial charge in [-0.1, -0.05) is 57.1 Å². The zero-order valence-electron chi connectivity index (χ0n) is 33.8. The summed E-state index contributed by atoms with van der Waals surface area (Å²) in [6, 6.07) is 5.16. The van der Waals surface area contributed by atoms with Crippen LogP contribution in [0.5, 0.6) is 11.5 Å². The van der Waals surface area contributed by atoms with E-state index >= 15 is 0 Å². The van der Waals surface area contributed by atoms with Crippen LogP contribution in [0.4, 0.5) is 9.93 Å². The molecule has 14 nitrogen and oxygen atoms in total. The molecule has 1 saturated heterocycles. The Balaban J connectivity index is 1.21. The predicted molar refractivity (Wildman–Crippen MR) is 217 cm³/mol. The Kier molecular flexibility index (Phi) is 11.0. The number of carbonyl (C=O) groups is 4. The van der Waals surface area contributed by atoms with Crippen LogP contribution in [0.25, 0.3) is 22.3 Å². The van der Waals surface area contributed by atoms with Crippen molar-refractivity contribution in [3.63, 3.8) is 0 Å². The molecule has 3 amide bonds. The molecular weight excluding hydrogens is 772 g/mol. The SMILES string of the molecule is CCC1C[C@@]1(C(=O)O)N(C)C(=O)C1C[C@@H](Oc2cc(-c3nc(NC(C)C)sc3Cl)nc3cc(OC)ccc23)CN1C(=O)C(NC(=O)OC1C[C@@H]2C[C@@H]2C1)C(C)(C)C. The van der Waals surface area contributed by atoms with E-state index in [1.165, 1.54) is 34.6 Å². The largest absolute Gasteiger partial charge is 0.497 e. The summed E-state index contributed by atoms with van der Waals surface area (Å²) >= 11 is 8.02. The number of pyridine rings is 1. The molecular formula is C41H53ClN6O8S. The number of anilines is 1. The number of likely N-dealkylation sites (tertiary alicyclic amines) is 1. The van der Waals surface area contributed by atoms with Crippen molar-refractivity contribution >= 4 is 62.8 Å². The maximum absolute atomic E-state index is 14.8. The molecule has 57 heavy (non-hydrogen) atoms. The number of ether oxygens (including phenoxy) is 3. The van der Waals surface area contributed by atoms with Crippen LogP contribution >= 0.6 is 22.9 Å². The van der Waals surface area contributed by atoms with E-state index < -0.39 is 53.0 Å². The lowest BCUT2D eigenvalue weighted by Gasteiger charge is -2.37. The Morgan fingerprint density at radius 1 is 1.09 bits per heavy atom. The number of carbonyl (C=O) groups excluding carboxylic acids is 3. The smallest absolute Gasteiger partial charge is 0.408 e. The van der Waals surface area contributed by atoms with E-state index in [0.717, 1.165) is 12.8 Å². The highest BCUT2D eigenvalue weighted by atomic mass is 35.5. The third kappa shape index (κ3) is 8.06. The summed E-state index contributed by atoms with van der Waals surface area (Å²) in [7, 11) is 3.07. The van der Waals surface area contributed by atoms with Gasteiger partial charge >= 0.3 is 12.1 Å². The standard InChI is InChI=1S/C41H53ClN6O8S/c1-9-23-18-41(23,37(51)52)47(7)35(49)30-16-26(19-48(30)36(50)33(40(4,5)6)46-39(53)56-25-13-21-12-22(21)14-25)55-31-17-29(32-34(42)57-38(45-32)43-20(2)3)44-28-15-24(54-8)10-11-27(28)31/h10-11,15,17,20-23,25-26,30,33H,9,12-14,16,18-19H2,1-8H3,(H,43,45)(H,46,53)(H,51,52)/t21-,22+,23?,25?,26-,30?,33?,41-/m1/s1. The molecule has 3 aromatic rings. The van der Waals surface area contributed by atoms with Crippen molar-refractivity contribution < 1.29 is 38.5 Å². The van der Waals surface area contributed by atoms with E-state index in [4.69, 9.17) is 35.8 Å². The van der Waals surface area contributed by atoms with Gasteiger partial charge in [-0.25, -0.2) is 19.6 Å². The van der Waals surface area contributed by atoms with Crippen LogP contribution in [-0.4, -0.2) is 105 Å². The molecule has 3 N–H and O–H groups in total. The molecule has 16 heteroatoms. The predicted octanol–water partition coefficient (Wildman–Crippen LogP) is 6.84. The number of aliphatic carboxylic acids is 1. The van der Waals surface area contributed by atoms with Gasteiger partial charge in [-0.3, -0.25) is 9.59 Å². The number of benzene rings is 1. The van der Waals surface area contributed by atoms with Crippen LogP contribution in [0.2, 0.25) is 4.34 Å². The summed E-state index contributed by atoms with van der Waals surface area (Å²) in [6.45, 7) is 11.4. The Bertz CT molecular complexity index is 2060. The number of hydrogen-bond donors (Lipinski definition) is 3. The number of halogens is 1. The zero-order chi connectivity index (χ0) is 41.1. The Morgan fingerprint density at radius 2 is 1.81 bits per heavy atom. The van der Waals surface area contributed by atoms with Crippen molar-refractivity contribution in [1.82, 2.24) is 25.1 Å². The van der Waals surface area contributed by atoms with Crippen LogP contribution in [0, 0.1) is 23.2 Å². The van der Waals surface area contributed by atoms with Gasteiger partial charge < -0.3 is 39.8 Å². The van der Waals surface area contributed by atoms with Crippen LogP contribution in [0.3, 0.4) is 0 Å². The lowest BCUT2D eigenvalue weighted by Crippen LogP contribution is -2.59. The second kappa shape index (κ2) is 15.4. The fourth-order valence-corrected chi connectivity index (χ4v) is 9.95. The molecule has 1 aliphatic heterocycles. The second-order valence-corrected chi connectivity index (χ2v) is 19.0. The fourth-order valence-electron chi connectivity index (χ4n) is 8.74. The quantitative estimate of drug-likeness (QED) is 0.165. The van der Waals surface area contributed by atoms with Crippen molar-refractivity contribution in [2.45, 2.75) is 116 Å². The minimum absolute atomic E-state index is 0.00906. The average Bonchev–Trinajstić information content (AvgIpc) is 3.91. The van der Waals surface area contributed by atoms with Crippen LogP contribution in [-0.2, 0) is 19.1 Å². The summed E-state index contributed by atoms with van der Waals surface area (Å²) in [6.07, 6.45) is 2.24. The summed E-state index contributed by atoms with van der Waals surface area (Å²) in [5, 5.41) is 17.8. The first kappa shape index (κ1) is 40.8. The number of carboxylic acids is 1. The molecule has 4 aliphatic rings. The molecule has 1 aromatic carbocycles. The van der Waals surface area contributed by atoms with Crippen molar-refractivity contribution in [3.8, 4) is 22.9 Å². The normalized spacial score (nSPS) is 26.8. The molecule has 0 spiro atoms. The van der Waals surface area contributed by atoms with Crippen LogP contribution < -0.4 is 20.1 Å². The van der Waals surface area contributed by atoms with Gasteiger partial charge in [0.2, 0.25) is 11.8 Å². The molecule has 8 atom stereocenters. The van der Waals surface area contributed by atoms with Gasteiger partial charge in [0, 0.05) is 37.0 Å². The third-order valence-electron chi connectivity index (χ3n) is 12.1. The molecule has 4 unspecified atom stereocenters. The number of nitrogens with zero attached hydrogens (tertiary/aromatic N) is 4. The van der Waals surface area contributed by atoms with Crippen molar-refractivity contribution in [1.29, 1.82) is 0 Å². The summed E-state index contributed by atoms with van der Waals surface area (Å²) in [5.74, 6) is -0.0519. The number of aromatic nitrogens is 2. The van der Waals surface area contributed by atoms with E-state index in [1.54, 1.807) is 25.3 Å². The van der Waals surface area contributed by atoms with E-state index in [2.05, 4.69) is 10.6 Å². The Morgan fingerprint density at radius 3 is 2.42 bits per heavy atom. The van der Waals surface area contributed by atoms with Crippen molar-refractivity contribution in [2.75, 3.05) is 26.0 Å². The van der Waals surface area contributed by atoms with Gasteiger partial charge in [-0.2, -0.15) is 0 Å². The summed E-state index contributed by atoms with van der Waals surface area (Å²) in [4.78, 5) is 67.6. The number of rotatable bonds is 13. The third-order valence-corrected chi connectivity index (χ3v) is 13.2. The highest BCUT2D eigenvalue weighted by Gasteiger charge is 2.65. The second-order valence-electron chi connectivity index (χ2n) is 17.4. The minimum Gasteiger partial charge on any atom is -0.497 e. The van der Waals surface area contributed by atoms with Gasteiger partial charge in [0.1, 0.15) is 51.4 Å². The Hall–Kier alpha value is -4.37. The van der Waals surface area contributed by atoms with Gasteiger partial charge in [0.25, 0.3) is 0 Å². The molecule has 3 heterocycles. The van der Waals surface area contributed by atoms with E-state index in [0.29, 0.717) is 67.9 Å². The van der Waals surface area contributed by atoms with E-state index in [-0.39, 0.29) is 31.0 Å². The number of likely N-dealkylation sites (N-methyl/N-ethyl adjacent to an activating group) is 1. The van der Waals surface area contributed by atoms with Gasteiger partial charge in [0.05, 0.1) is 24.9 Å². The number of carboxylic acid groups (broad SMARTS) is 1. The monoisotopic (exact) mass is 824 g/mol. The number of thiazole rings is 1. The Labute approximate surface area is 342 Å². The molecule has 4 fully saturated rings. The molecule has 0 bridgehead atoms. The van der Waals surface area contributed by atoms with Gasteiger partial charge in [-0.05, 0) is 74.8 Å². The zero-order valence-corrected chi connectivity index (χ0v) is 35.3. The first-order valence-corrected chi connectivity index (χ1v) is 21.0. The number of methoxy groups -OCH3 is 1. The van der Waals surface area contributed by atoms with Crippen LogP contribution in [0.15, 0.2) is 24.3 Å². The van der Waals surface area contributed by atoms with Crippen LogP contribution in [0.1, 0.15) is 80.1 Å². The highest BCUT2D eigenvalue weighted by molar-refractivity contribution is 7.20. The fraction of sp³-hybridized carbons (Fsp3) is 0.610. The molecule has 3 aliphatic carbocycles. The molecule has 3 saturated carbocycles. The van der Waals surface area contributed by atoms with Crippen molar-refractivity contribution in [3.05, 3.63) is 28.6 Å². The maximum atomic E-state index is 14.8. The lowest BCUT2D eigenvalue weighted by molar-refractivity contribution is -0.155. The summed E-state index contributed by atoms with van der Waals surface area (Å²) < 4.78 is 18.5. The molecule has 308 valence electrons. The number of nitrogens with one attached hydrogen (secondary N) is 2. The lowest BCUT2D eigenvalue weighted by atomic mass is 9.85. The molecule has 7 rings (SSSR count). The summed E-state index contributed by atoms with van der Waals surface area (Å²) in [5.41, 5.74) is -0.658. The van der Waals surface area contributed by atoms with E-state index in [9.17, 15) is 24.3 Å². The number of hydrogen-bond acceptors (Lipinski definition) is 11. The first-order chi connectivity index (χ1) is 26.9. The number of amides is 3. The topological polar surface area (TPSA) is 173 Å².